The SMILES string of the molecule is CC(C)=CCC[C@@]1(C)[C@@H]2CC[C@]3(C)Oc4cc(C)cc(O)c4[C@H]1[C@H]23. The summed E-state index contributed by atoms with van der Waals surface area (Å²) >= 11 is 0. The molecule has 1 N–H and O–H groups in total. The summed E-state index contributed by atoms with van der Waals surface area (Å²) in [4.78, 5) is 0. The van der Waals surface area contributed by atoms with Crippen LogP contribution in [0.25, 0.3) is 0 Å². The Labute approximate surface area is 145 Å². The third kappa shape index (κ3) is 2.01. The van der Waals surface area contributed by atoms with Crippen LogP contribution in [0.2, 0.25) is 0 Å². The van der Waals surface area contributed by atoms with Crippen LogP contribution >= 0.6 is 0 Å². The summed E-state index contributed by atoms with van der Waals surface area (Å²) in [6.07, 6.45) is 7.11. The van der Waals surface area contributed by atoms with Gasteiger partial charge >= 0.3 is 0 Å². The first-order chi connectivity index (χ1) is 11.3. The molecule has 0 unspecified atom stereocenters. The summed E-state index contributed by atoms with van der Waals surface area (Å²) in [5.74, 6) is 3.10. The van der Waals surface area contributed by atoms with E-state index in [9.17, 15) is 5.11 Å². The molecule has 1 heterocycles. The second-order valence-corrected chi connectivity index (χ2v) is 9.09. The van der Waals surface area contributed by atoms with E-state index in [2.05, 4.69) is 39.8 Å². The van der Waals surface area contributed by atoms with Gasteiger partial charge in [-0.15, -0.1) is 0 Å². The lowest BCUT2D eigenvalue weighted by Crippen LogP contribution is -2.60. The van der Waals surface area contributed by atoms with Crippen molar-refractivity contribution in [3.8, 4) is 11.5 Å². The minimum Gasteiger partial charge on any atom is -0.508 e. The van der Waals surface area contributed by atoms with Crippen molar-refractivity contribution in [2.75, 3.05) is 0 Å². The fourth-order valence-electron chi connectivity index (χ4n) is 6.10. The molecule has 5 atom stereocenters. The van der Waals surface area contributed by atoms with Gasteiger partial charge in [-0.2, -0.15) is 0 Å². The summed E-state index contributed by atoms with van der Waals surface area (Å²) in [6.45, 7) is 11.1. The molecular formula is C22H30O2. The molecule has 2 nitrogen and oxygen atoms in total. The van der Waals surface area contributed by atoms with Gasteiger partial charge in [0.15, 0.2) is 0 Å². The van der Waals surface area contributed by atoms with Crippen LogP contribution in [0.1, 0.15) is 70.4 Å². The van der Waals surface area contributed by atoms with Crippen LogP contribution in [0, 0.1) is 24.2 Å². The smallest absolute Gasteiger partial charge is 0.127 e. The Hall–Kier alpha value is -1.44. The Balaban J connectivity index is 1.77. The number of phenols is 1. The number of benzene rings is 1. The molecule has 1 aromatic carbocycles. The van der Waals surface area contributed by atoms with Crippen LogP contribution in [0.3, 0.4) is 0 Å². The average Bonchev–Trinajstić information content (AvgIpc) is 2.79. The standard InChI is InChI=1S/C22H30O2/c1-13(2)7-6-9-21(4)15-8-10-22(5)19(15)20(21)18-16(23)11-14(3)12-17(18)24-22/h7,11-12,15,19-20,23H,6,8-10H2,1-5H3/t15-,19+,20+,21+,22+/m1/s1. The lowest BCUT2D eigenvalue weighted by molar-refractivity contribution is -0.133. The second kappa shape index (κ2) is 5.03. The second-order valence-electron chi connectivity index (χ2n) is 9.09. The minimum atomic E-state index is -0.0431. The van der Waals surface area contributed by atoms with Gasteiger partial charge in [0, 0.05) is 17.4 Å². The highest BCUT2D eigenvalue weighted by Crippen LogP contribution is 2.75. The zero-order valence-electron chi connectivity index (χ0n) is 15.6. The van der Waals surface area contributed by atoms with Crippen molar-refractivity contribution in [1.82, 2.24) is 0 Å². The molecule has 0 saturated heterocycles. The first kappa shape index (κ1) is 16.1. The highest BCUT2D eigenvalue weighted by atomic mass is 16.5. The van der Waals surface area contributed by atoms with Crippen molar-refractivity contribution in [3.05, 3.63) is 34.9 Å². The molecule has 0 aromatic heterocycles. The summed E-state index contributed by atoms with van der Waals surface area (Å²) in [6, 6.07) is 4.03. The van der Waals surface area contributed by atoms with E-state index in [0.29, 0.717) is 17.6 Å². The number of hydrogen-bond donors (Lipinski definition) is 1. The van der Waals surface area contributed by atoms with Gasteiger partial charge in [-0.3, -0.25) is 0 Å². The highest BCUT2D eigenvalue weighted by Gasteiger charge is 2.70. The number of phenolic OH excluding ortho intramolecular Hbond substituents is 1. The third-order valence-electron chi connectivity index (χ3n) is 7.16. The molecule has 0 bridgehead atoms. The number of rotatable bonds is 3. The van der Waals surface area contributed by atoms with E-state index < -0.39 is 0 Å². The number of fused-ring (bicyclic) bond motifs is 2. The Morgan fingerprint density at radius 1 is 1.33 bits per heavy atom. The summed E-state index contributed by atoms with van der Waals surface area (Å²) < 4.78 is 6.47. The fourth-order valence-corrected chi connectivity index (χ4v) is 6.10. The van der Waals surface area contributed by atoms with Crippen molar-refractivity contribution >= 4 is 0 Å². The predicted octanol–water partition coefficient (Wildman–Crippen LogP) is 5.73. The van der Waals surface area contributed by atoms with Gasteiger partial charge in [0.1, 0.15) is 17.1 Å². The molecule has 4 rings (SSSR count). The number of hydrogen-bond acceptors (Lipinski definition) is 2. The monoisotopic (exact) mass is 326 g/mol. The van der Waals surface area contributed by atoms with Crippen molar-refractivity contribution in [2.24, 2.45) is 17.3 Å². The molecule has 1 aliphatic heterocycles. The molecule has 0 spiro atoms. The average molecular weight is 326 g/mol. The zero-order valence-corrected chi connectivity index (χ0v) is 15.6. The van der Waals surface area contributed by atoms with Crippen LogP contribution in [-0.2, 0) is 0 Å². The van der Waals surface area contributed by atoms with E-state index in [-0.39, 0.29) is 11.0 Å². The van der Waals surface area contributed by atoms with E-state index in [1.54, 1.807) is 0 Å². The van der Waals surface area contributed by atoms with E-state index in [1.807, 2.05) is 13.0 Å². The molecule has 2 fully saturated rings. The van der Waals surface area contributed by atoms with Crippen molar-refractivity contribution in [3.63, 3.8) is 0 Å². The topological polar surface area (TPSA) is 29.5 Å². The first-order valence-electron chi connectivity index (χ1n) is 9.42. The van der Waals surface area contributed by atoms with Crippen molar-refractivity contribution in [1.29, 1.82) is 0 Å². The zero-order chi connectivity index (χ0) is 17.3. The normalized spacial score (nSPS) is 38.6. The van der Waals surface area contributed by atoms with Crippen molar-refractivity contribution in [2.45, 2.75) is 71.8 Å². The summed E-state index contributed by atoms with van der Waals surface area (Å²) in [7, 11) is 0. The quantitative estimate of drug-likeness (QED) is 0.719. The number of aromatic hydroxyl groups is 1. The van der Waals surface area contributed by atoms with E-state index in [0.717, 1.165) is 35.6 Å². The van der Waals surface area contributed by atoms with Crippen LogP contribution in [-0.4, -0.2) is 10.7 Å². The van der Waals surface area contributed by atoms with Crippen LogP contribution < -0.4 is 4.74 Å². The van der Waals surface area contributed by atoms with Gasteiger partial charge < -0.3 is 9.84 Å². The van der Waals surface area contributed by atoms with E-state index in [1.165, 1.54) is 18.4 Å². The van der Waals surface area contributed by atoms with Gasteiger partial charge in [-0.05, 0) is 82.4 Å². The first-order valence-corrected chi connectivity index (χ1v) is 9.42. The minimum absolute atomic E-state index is 0.0431. The maximum Gasteiger partial charge on any atom is 0.127 e. The summed E-state index contributed by atoms with van der Waals surface area (Å²) in [5, 5.41) is 10.7. The molecular weight excluding hydrogens is 296 g/mol. The molecule has 3 aliphatic rings. The number of ether oxygens (including phenoxy) is 1. The summed E-state index contributed by atoms with van der Waals surface area (Å²) in [5.41, 5.74) is 3.80. The largest absolute Gasteiger partial charge is 0.508 e. The Morgan fingerprint density at radius 3 is 2.79 bits per heavy atom. The molecule has 2 saturated carbocycles. The molecule has 130 valence electrons. The van der Waals surface area contributed by atoms with Crippen LogP contribution in [0.4, 0.5) is 0 Å². The maximum absolute atomic E-state index is 10.7. The Morgan fingerprint density at radius 2 is 2.08 bits per heavy atom. The number of aryl methyl sites for hydroxylation is 1. The van der Waals surface area contributed by atoms with Crippen LogP contribution in [0.15, 0.2) is 23.8 Å². The van der Waals surface area contributed by atoms with Gasteiger partial charge in [-0.1, -0.05) is 18.6 Å². The van der Waals surface area contributed by atoms with Crippen LogP contribution in [0.5, 0.6) is 11.5 Å². The Kier molecular flexibility index (Phi) is 3.37. The Bertz CT molecular complexity index is 715. The van der Waals surface area contributed by atoms with Gasteiger partial charge in [0.2, 0.25) is 0 Å². The van der Waals surface area contributed by atoms with Gasteiger partial charge in [0.05, 0.1) is 0 Å². The molecule has 2 heteroatoms. The molecule has 1 aromatic rings. The van der Waals surface area contributed by atoms with Crippen molar-refractivity contribution < 1.29 is 9.84 Å². The maximum atomic E-state index is 10.7. The molecule has 24 heavy (non-hydrogen) atoms. The van der Waals surface area contributed by atoms with Gasteiger partial charge in [0.25, 0.3) is 0 Å². The third-order valence-corrected chi connectivity index (χ3v) is 7.16. The lowest BCUT2D eigenvalue weighted by atomic mass is 9.43. The predicted molar refractivity (Wildman–Crippen MR) is 97.6 cm³/mol. The number of allylic oxidation sites excluding steroid dienone is 2. The van der Waals surface area contributed by atoms with E-state index >= 15 is 0 Å². The fraction of sp³-hybridized carbons (Fsp3) is 0.636. The van der Waals surface area contributed by atoms with E-state index in [4.69, 9.17) is 4.74 Å². The molecule has 0 amide bonds. The molecule has 2 aliphatic carbocycles. The molecule has 0 radical (unpaired) electrons. The highest BCUT2D eigenvalue weighted by molar-refractivity contribution is 5.54. The lowest BCUT2D eigenvalue weighted by Gasteiger charge is -2.63. The van der Waals surface area contributed by atoms with Gasteiger partial charge in [-0.25, -0.2) is 0 Å².